The van der Waals surface area contributed by atoms with Gasteiger partial charge in [-0.1, -0.05) is 12.1 Å². The lowest BCUT2D eigenvalue weighted by Gasteiger charge is -2.43. The molecule has 0 aliphatic carbocycles. The summed E-state index contributed by atoms with van der Waals surface area (Å²) in [4.78, 5) is 19.9. The molecular formula is C20H22F4N4O3S. The van der Waals surface area contributed by atoms with Gasteiger partial charge in [0.05, 0.1) is 6.04 Å². The second-order valence-corrected chi connectivity index (χ2v) is 10.8. The normalized spacial score (nSPS) is 26.9. The van der Waals surface area contributed by atoms with Gasteiger partial charge in [0.25, 0.3) is 5.95 Å². The first-order chi connectivity index (χ1) is 15.0. The third kappa shape index (κ3) is 4.74. The molecule has 4 rings (SSSR count). The van der Waals surface area contributed by atoms with Gasteiger partial charge in [-0.3, -0.25) is 9.00 Å². The number of carbonyl (C=O) groups excluding carboxylic acids is 1. The monoisotopic (exact) mass is 474 g/mol. The number of carbonyl (C=O) groups is 1. The fraction of sp³-hybridized carbons (Fsp3) is 0.500. The molecule has 2 fully saturated rings. The Kier molecular flexibility index (Phi) is 5.91. The van der Waals surface area contributed by atoms with Crippen molar-refractivity contribution in [1.29, 1.82) is 0 Å². The first-order valence-corrected chi connectivity index (χ1v) is 12.1. The summed E-state index contributed by atoms with van der Waals surface area (Å²) in [5.74, 6) is 1.98. The van der Waals surface area contributed by atoms with Gasteiger partial charge in [0.2, 0.25) is 5.91 Å². The Hall–Kier alpha value is -2.63. The van der Waals surface area contributed by atoms with Crippen LogP contribution in [0, 0.1) is 11.7 Å². The van der Waals surface area contributed by atoms with Crippen molar-refractivity contribution in [2.45, 2.75) is 25.1 Å². The Labute approximate surface area is 182 Å². The van der Waals surface area contributed by atoms with Crippen LogP contribution in [0.5, 0.6) is 0 Å². The SMILES string of the molecule is C=S1(=O)CCC(C(=O)N2CCN(c3noc(C(F)(F)F)n3)CC2c2ccc(F)cc2)CC1. The van der Waals surface area contributed by atoms with Crippen LogP contribution in [-0.4, -0.2) is 62.2 Å². The van der Waals surface area contributed by atoms with E-state index in [1.54, 1.807) is 17.0 Å². The minimum Gasteiger partial charge on any atom is -0.334 e. The number of nitrogens with zero attached hydrogens (tertiary/aromatic N) is 4. The highest BCUT2D eigenvalue weighted by Crippen LogP contribution is 2.33. The van der Waals surface area contributed by atoms with Crippen molar-refractivity contribution in [3.8, 4) is 0 Å². The van der Waals surface area contributed by atoms with Crippen LogP contribution in [0.1, 0.15) is 30.3 Å². The van der Waals surface area contributed by atoms with Gasteiger partial charge >= 0.3 is 12.1 Å². The van der Waals surface area contributed by atoms with E-state index in [0.717, 1.165) is 0 Å². The van der Waals surface area contributed by atoms with Crippen molar-refractivity contribution in [2.75, 3.05) is 36.0 Å². The van der Waals surface area contributed by atoms with Crippen molar-refractivity contribution in [2.24, 2.45) is 5.92 Å². The molecule has 174 valence electrons. The Balaban J connectivity index is 1.58. The van der Waals surface area contributed by atoms with Gasteiger partial charge in [0.15, 0.2) is 0 Å². The quantitative estimate of drug-likeness (QED) is 0.503. The molecule has 0 spiro atoms. The lowest BCUT2D eigenvalue weighted by molar-refractivity contribution is -0.159. The van der Waals surface area contributed by atoms with Crippen LogP contribution in [0.4, 0.5) is 23.5 Å². The minimum absolute atomic E-state index is 0.113. The van der Waals surface area contributed by atoms with Crippen molar-refractivity contribution in [3.63, 3.8) is 0 Å². The molecule has 1 unspecified atom stereocenters. The zero-order valence-corrected chi connectivity index (χ0v) is 17.9. The molecule has 0 N–H and O–H groups in total. The minimum atomic E-state index is -4.76. The summed E-state index contributed by atoms with van der Waals surface area (Å²) in [5, 5.41) is 3.44. The Morgan fingerprint density at radius 2 is 1.81 bits per heavy atom. The number of alkyl halides is 3. The molecule has 0 saturated carbocycles. The number of hydrogen-bond acceptors (Lipinski definition) is 6. The number of piperazine rings is 1. The van der Waals surface area contributed by atoms with Gasteiger partial charge in [-0.15, -0.1) is 0 Å². The van der Waals surface area contributed by atoms with Gasteiger partial charge in [-0.05, 0) is 51.1 Å². The standard InChI is InChI=1S/C20H22F4N4O3S/c1-32(30)10-6-14(7-11-32)17(29)28-9-8-27(19-25-18(31-26-19)20(22,23)24)12-16(28)13-2-4-15(21)5-3-13/h2-5,14,16H,1,6-12H2. The van der Waals surface area contributed by atoms with E-state index in [9.17, 15) is 26.6 Å². The molecule has 7 nitrogen and oxygen atoms in total. The summed E-state index contributed by atoms with van der Waals surface area (Å²) >= 11 is 0. The zero-order valence-electron chi connectivity index (χ0n) is 17.1. The van der Waals surface area contributed by atoms with Crippen molar-refractivity contribution < 1.29 is 31.1 Å². The van der Waals surface area contributed by atoms with Crippen LogP contribution in [0.3, 0.4) is 0 Å². The molecule has 2 aliphatic rings. The van der Waals surface area contributed by atoms with E-state index >= 15 is 0 Å². The maximum Gasteiger partial charge on any atom is 0.471 e. The summed E-state index contributed by atoms with van der Waals surface area (Å²) in [7, 11) is -2.14. The number of hydrogen-bond donors (Lipinski definition) is 0. The Morgan fingerprint density at radius 1 is 1.16 bits per heavy atom. The summed E-state index contributed by atoms with van der Waals surface area (Å²) in [6.45, 7) is 0.541. The van der Waals surface area contributed by atoms with Crippen LogP contribution in [0.2, 0.25) is 0 Å². The first-order valence-electron chi connectivity index (χ1n) is 10.1. The topological polar surface area (TPSA) is 79.5 Å². The lowest BCUT2D eigenvalue weighted by Crippen LogP contribution is -2.53. The Morgan fingerprint density at radius 3 is 2.41 bits per heavy atom. The molecule has 1 aromatic carbocycles. The summed E-state index contributed by atoms with van der Waals surface area (Å²) < 4.78 is 68.5. The third-order valence-corrected chi connectivity index (χ3v) is 7.84. The van der Waals surface area contributed by atoms with Gasteiger partial charge in [0.1, 0.15) is 5.82 Å². The van der Waals surface area contributed by atoms with Crippen LogP contribution < -0.4 is 4.90 Å². The van der Waals surface area contributed by atoms with Crippen molar-refractivity contribution in [3.05, 3.63) is 41.5 Å². The number of rotatable bonds is 3. The molecular weight excluding hydrogens is 452 g/mol. The second kappa shape index (κ2) is 8.38. The van der Waals surface area contributed by atoms with Crippen LogP contribution in [0.25, 0.3) is 0 Å². The molecule has 2 aliphatic heterocycles. The number of aromatic nitrogens is 2. The maximum absolute atomic E-state index is 13.5. The number of halogens is 4. The Bertz CT molecular complexity index is 1070. The van der Waals surface area contributed by atoms with Gasteiger partial charge in [-0.2, -0.15) is 18.2 Å². The van der Waals surface area contributed by atoms with Crippen LogP contribution >= 0.6 is 0 Å². The lowest BCUT2D eigenvalue weighted by atomic mass is 9.96. The van der Waals surface area contributed by atoms with E-state index < -0.39 is 33.4 Å². The predicted octanol–water partition coefficient (Wildman–Crippen LogP) is 2.74. The fourth-order valence-corrected chi connectivity index (χ4v) is 5.73. The van der Waals surface area contributed by atoms with Crippen LogP contribution in [-0.2, 0) is 20.5 Å². The molecule has 0 bridgehead atoms. The van der Waals surface area contributed by atoms with Gasteiger partial charge in [0, 0.05) is 37.1 Å². The van der Waals surface area contributed by atoms with Gasteiger partial charge in [-0.25, -0.2) is 4.39 Å². The van der Waals surface area contributed by atoms with Gasteiger partial charge < -0.3 is 14.3 Å². The van der Waals surface area contributed by atoms with E-state index in [0.29, 0.717) is 29.9 Å². The molecule has 2 saturated heterocycles. The second-order valence-electron chi connectivity index (χ2n) is 8.09. The molecule has 1 atom stereocenters. The summed E-state index contributed by atoms with van der Waals surface area (Å²) in [6, 6.07) is 5.09. The van der Waals surface area contributed by atoms with Crippen molar-refractivity contribution >= 4 is 27.2 Å². The molecule has 0 radical (unpaired) electrons. The molecule has 1 amide bonds. The molecule has 32 heavy (non-hydrogen) atoms. The van der Waals surface area contributed by atoms with E-state index in [1.807, 2.05) is 0 Å². The zero-order chi connectivity index (χ0) is 23.1. The fourth-order valence-electron chi connectivity index (χ4n) is 4.10. The number of benzene rings is 1. The van der Waals surface area contributed by atoms with Crippen molar-refractivity contribution in [1.82, 2.24) is 15.0 Å². The predicted molar refractivity (Wildman–Crippen MR) is 110 cm³/mol. The van der Waals surface area contributed by atoms with Crippen LogP contribution in [0.15, 0.2) is 28.8 Å². The number of anilines is 1. The number of amides is 1. The maximum atomic E-state index is 13.5. The summed E-state index contributed by atoms with van der Waals surface area (Å²) in [5.41, 5.74) is 0.640. The summed E-state index contributed by atoms with van der Waals surface area (Å²) in [6.07, 6.45) is -3.82. The van der Waals surface area contributed by atoms with E-state index in [1.165, 1.54) is 17.0 Å². The first kappa shape index (κ1) is 22.6. The highest BCUT2D eigenvalue weighted by Gasteiger charge is 2.41. The average Bonchev–Trinajstić information content (AvgIpc) is 3.24. The van der Waals surface area contributed by atoms with E-state index in [4.69, 9.17) is 0 Å². The molecule has 2 aromatic rings. The smallest absolute Gasteiger partial charge is 0.334 e. The highest BCUT2D eigenvalue weighted by atomic mass is 32.2. The van der Waals surface area contributed by atoms with E-state index in [-0.39, 0.29) is 37.4 Å². The highest BCUT2D eigenvalue weighted by molar-refractivity contribution is 8.00. The third-order valence-electron chi connectivity index (χ3n) is 5.88. The largest absolute Gasteiger partial charge is 0.471 e. The average molecular weight is 474 g/mol. The van der Waals surface area contributed by atoms with E-state index in [2.05, 4.69) is 20.5 Å². The molecule has 3 heterocycles. The molecule has 1 aromatic heterocycles. The molecule has 12 heteroatoms.